The zero-order valence-corrected chi connectivity index (χ0v) is 11.9. The van der Waals surface area contributed by atoms with Gasteiger partial charge in [0.05, 0.1) is 11.0 Å². The van der Waals surface area contributed by atoms with Crippen LogP contribution >= 0.6 is 11.8 Å². The molecule has 0 amide bonds. The van der Waals surface area contributed by atoms with E-state index >= 15 is 0 Å². The number of nitrogens with one attached hydrogen (secondary N) is 1. The lowest BCUT2D eigenvalue weighted by Gasteiger charge is -2.21. The number of nitrogens with zero attached hydrogens (tertiary/aromatic N) is 2. The van der Waals surface area contributed by atoms with Gasteiger partial charge in [-0.05, 0) is 32.0 Å². The Morgan fingerprint density at radius 1 is 1.47 bits per heavy atom. The van der Waals surface area contributed by atoms with Gasteiger partial charge in [-0.3, -0.25) is 15.4 Å². The van der Waals surface area contributed by atoms with Gasteiger partial charge in [0.25, 0.3) is 5.69 Å². The monoisotopic (exact) mass is 279 g/mol. The van der Waals surface area contributed by atoms with Gasteiger partial charge < -0.3 is 0 Å². The van der Waals surface area contributed by atoms with Crippen LogP contribution < -0.4 is 5.32 Å². The molecule has 0 radical (unpaired) electrons. The van der Waals surface area contributed by atoms with E-state index in [1.54, 1.807) is 23.9 Å². The number of nitro benzene ring substituents is 1. The second-order valence-electron chi connectivity index (χ2n) is 4.32. The third-order valence-electron chi connectivity index (χ3n) is 2.73. The lowest BCUT2D eigenvalue weighted by Crippen LogP contribution is -2.41. The fraction of sp³-hybridized carbons (Fsp3) is 0.462. The first-order valence-electron chi connectivity index (χ1n) is 6.04. The average molecular weight is 279 g/mol. The largest absolute Gasteiger partial charge is 0.300 e. The molecule has 0 aliphatic heterocycles. The molecule has 0 bridgehead atoms. The number of hydrogen-bond acceptors (Lipinski definition) is 5. The van der Waals surface area contributed by atoms with E-state index in [1.807, 2.05) is 13.8 Å². The summed E-state index contributed by atoms with van der Waals surface area (Å²) in [7, 11) is 0. The molecule has 0 aliphatic rings. The van der Waals surface area contributed by atoms with Crippen molar-refractivity contribution in [3.8, 4) is 6.07 Å². The summed E-state index contributed by atoms with van der Waals surface area (Å²) in [5, 5.41) is 22.8. The van der Waals surface area contributed by atoms with E-state index in [1.165, 1.54) is 12.1 Å². The molecule has 1 aromatic rings. The van der Waals surface area contributed by atoms with E-state index in [4.69, 9.17) is 5.26 Å². The molecule has 1 N–H and O–H groups in total. The number of nitro groups is 1. The number of thioether (sulfide) groups is 1. The SMILES string of the molecule is CCNC(C)(C#N)CCSc1ccc([N+](=O)[O-])cc1. The first kappa shape index (κ1) is 15.5. The Balaban J connectivity index is 2.49. The summed E-state index contributed by atoms with van der Waals surface area (Å²) in [6, 6.07) is 8.74. The van der Waals surface area contributed by atoms with Crippen molar-refractivity contribution >= 4 is 17.4 Å². The van der Waals surface area contributed by atoms with Crippen LogP contribution in [-0.4, -0.2) is 22.8 Å². The van der Waals surface area contributed by atoms with Crippen molar-refractivity contribution in [1.29, 1.82) is 5.26 Å². The molecule has 19 heavy (non-hydrogen) atoms. The zero-order valence-electron chi connectivity index (χ0n) is 11.0. The van der Waals surface area contributed by atoms with Crippen molar-refractivity contribution in [1.82, 2.24) is 5.32 Å². The van der Waals surface area contributed by atoms with Gasteiger partial charge in [-0.2, -0.15) is 5.26 Å². The van der Waals surface area contributed by atoms with E-state index in [2.05, 4.69) is 11.4 Å². The van der Waals surface area contributed by atoms with Gasteiger partial charge >= 0.3 is 0 Å². The molecule has 0 fully saturated rings. The molecule has 0 saturated carbocycles. The molecule has 0 saturated heterocycles. The molecule has 0 spiro atoms. The van der Waals surface area contributed by atoms with Gasteiger partial charge in [-0.15, -0.1) is 11.8 Å². The maximum Gasteiger partial charge on any atom is 0.269 e. The van der Waals surface area contributed by atoms with E-state index in [0.717, 1.165) is 23.6 Å². The van der Waals surface area contributed by atoms with Crippen LogP contribution in [0.3, 0.4) is 0 Å². The Hall–Kier alpha value is -1.58. The molecule has 1 unspecified atom stereocenters. The highest BCUT2D eigenvalue weighted by molar-refractivity contribution is 7.99. The third kappa shape index (κ3) is 4.89. The predicted octanol–water partition coefficient (Wildman–Crippen LogP) is 2.97. The van der Waals surface area contributed by atoms with Gasteiger partial charge in [-0.1, -0.05) is 6.92 Å². The minimum Gasteiger partial charge on any atom is -0.300 e. The first-order chi connectivity index (χ1) is 9.00. The maximum atomic E-state index is 10.5. The molecule has 1 aromatic carbocycles. The van der Waals surface area contributed by atoms with Crippen LogP contribution in [0.15, 0.2) is 29.2 Å². The molecule has 0 aliphatic carbocycles. The van der Waals surface area contributed by atoms with Crippen molar-refractivity contribution in [3.05, 3.63) is 34.4 Å². The van der Waals surface area contributed by atoms with Crippen LogP contribution in [0, 0.1) is 21.4 Å². The highest BCUT2D eigenvalue weighted by Crippen LogP contribution is 2.24. The molecule has 1 rings (SSSR count). The van der Waals surface area contributed by atoms with Crippen LogP contribution in [0.1, 0.15) is 20.3 Å². The van der Waals surface area contributed by atoms with Crippen LogP contribution in [0.2, 0.25) is 0 Å². The minimum absolute atomic E-state index is 0.0962. The molecule has 0 aromatic heterocycles. The Labute approximate surface area is 117 Å². The number of non-ortho nitro benzene ring substituents is 1. The number of nitriles is 1. The summed E-state index contributed by atoms with van der Waals surface area (Å²) in [6.07, 6.45) is 0.721. The Morgan fingerprint density at radius 2 is 2.11 bits per heavy atom. The smallest absolute Gasteiger partial charge is 0.269 e. The quantitative estimate of drug-likeness (QED) is 0.471. The Morgan fingerprint density at radius 3 is 2.58 bits per heavy atom. The average Bonchev–Trinajstić information content (AvgIpc) is 2.39. The van der Waals surface area contributed by atoms with Crippen molar-refractivity contribution in [2.45, 2.75) is 30.7 Å². The summed E-state index contributed by atoms with van der Waals surface area (Å²) in [6.45, 7) is 4.61. The van der Waals surface area contributed by atoms with Gasteiger partial charge in [0, 0.05) is 22.8 Å². The second-order valence-corrected chi connectivity index (χ2v) is 5.49. The topological polar surface area (TPSA) is 79.0 Å². The maximum absolute atomic E-state index is 10.5. The van der Waals surface area contributed by atoms with E-state index < -0.39 is 10.5 Å². The number of benzene rings is 1. The predicted molar refractivity (Wildman–Crippen MR) is 76.1 cm³/mol. The van der Waals surface area contributed by atoms with Crippen molar-refractivity contribution in [3.63, 3.8) is 0 Å². The van der Waals surface area contributed by atoms with Gasteiger partial charge in [0.2, 0.25) is 0 Å². The standard InChI is InChI=1S/C13H17N3O2S/c1-3-15-13(2,10-14)8-9-19-12-6-4-11(5-7-12)16(17)18/h4-7,15H,3,8-9H2,1-2H3. The molecule has 0 heterocycles. The summed E-state index contributed by atoms with van der Waals surface area (Å²) < 4.78 is 0. The van der Waals surface area contributed by atoms with Crippen molar-refractivity contribution < 1.29 is 4.92 Å². The Kier molecular flexibility index (Phi) is 5.80. The lowest BCUT2D eigenvalue weighted by molar-refractivity contribution is -0.384. The summed E-state index contributed by atoms with van der Waals surface area (Å²) in [5.74, 6) is 0.787. The van der Waals surface area contributed by atoms with Crippen LogP contribution in [0.5, 0.6) is 0 Å². The van der Waals surface area contributed by atoms with E-state index in [9.17, 15) is 10.1 Å². The number of hydrogen-bond donors (Lipinski definition) is 1. The highest BCUT2D eigenvalue weighted by atomic mass is 32.2. The van der Waals surface area contributed by atoms with Crippen LogP contribution in [0.25, 0.3) is 0 Å². The zero-order chi connectivity index (χ0) is 14.3. The van der Waals surface area contributed by atoms with Gasteiger partial charge in [-0.25, -0.2) is 0 Å². The molecule has 6 heteroatoms. The summed E-state index contributed by atoms with van der Waals surface area (Å²) in [5.41, 5.74) is -0.415. The van der Waals surface area contributed by atoms with Gasteiger partial charge in [0.1, 0.15) is 5.54 Å². The van der Waals surface area contributed by atoms with Crippen molar-refractivity contribution in [2.24, 2.45) is 0 Å². The third-order valence-corrected chi connectivity index (χ3v) is 3.75. The fourth-order valence-electron chi connectivity index (χ4n) is 1.61. The molecule has 102 valence electrons. The van der Waals surface area contributed by atoms with Gasteiger partial charge in [0.15, 0.2) is 0 Å². The molecular weight excluding hydrogens is 262 g/mol. The highest BCUT2D eigenvalue weighted by Gasteiger charge is 2.21. The van der Waals surface area contributed by atoms with Crippen LogP contribution in [-0.2, 0) is 0 Å². The normalized spacial score (nSPS) is 13.5. The number of rotatable bonds is 7. The minimum atomic E-state index is -0.511. The first-order valence-corrected chi connectivity index (χ1v) is 7.03. The van der Waals surface area contributed by atoms with Crippen molar-refractivity contribution in [2.75, 3.05) is 12.3 Å². The second kappa shape index (κ2) is 7.12. The van der Waals surface area contributed by atoms with Crippen LogP contribution in [0.4, 0.5) is 5.69 Å². The molecular formula is C13H17N3O2S. The summed E-state index contributed by atoms with van der Waals surface area (Å²) >= 11 is 1.60. The lowest BCUT2D eigenvalue weighted by atomic mass is 10.0. The summed E-state index contributed by atoms with van der Waals surface area (Å²) in [4.78, 5) is 11.1. The molecule has 5 nitrogen and oxygen atoms in total. The van der Waals surface area contributed by atoms with E-state index in [0.29, 0.717) is 0 Å². The Bertz CT molecular complexity index is 470. The van der Waals surface area contributed by atoms with E-state index in [-0.39, 0.29) is 5.69 Å². The molecule has 1 atom stereocenters. The fourth-order valence-corrected chi connectivity index (χ4v) is 2.69.